The van der Waals surface area contributed by atoms with Crippen LogP contribution in [0.4, 0.5) is 0 Å². The van der Waals surface area contributed by atoms with Crippen molar-refractivity contribution in [1.82, 2.24) is 5.32 Å². The van der Waals surface area contributed by atoms with Gasteiger partial charge in [0.25, 0.3) is 0 Å². The molecule has 0 aromatic carbocycles. The zero-order chi connectivity index (χ0) is 54.1. The first-order valence-corrected chi connectivity index (χ1v) is 34.7. The molecule has 0 radical (unpaired) electrons. The van der Waals surface area contributed by atoms with Gasteiger partial charge in [-0.05, 0) is 57.8 Å². The minimum absolute atomic E-state index is 0.0654. The van der Waals surface area contributed by atoms with Crippen LogP contribution in [0, 0.1) is 0 Å². The van der Waals surface area contributed by atoms with Crippen LogP contribution in [0.3, 0.4) is 0 Å². The topological polar surface area (TPSA) is 69.6 Å². The van der Waals surface area contributed by atoms with E-state index >= 15 is 0 Å². The lowest BCUT2D eigenvalue weighted by Gasteiger charge is -2.19. The van der Waals surface area contributed by atoms with Crippen LogP contribution >= 0.6 is 0 Å². The number of aliphatic hydroxyl groups is 2. The number of carbonyl (C=O) groups excluding carboxylic acids is 1. The Morgan fingerprint density at radius 2 is 0.520 bits per heavy atom. The van der Waals surface area contributed by atoms with E-state index in [0.717, 1.165) is 32.1 Å². The number of rotatable bonds is 65. The smallest absolute Gasteiger partial charge is 0.220 e. The highest BCUT2D eigenvalue weighted by Crippen LogP contribution is 2.19. The number of nitrogens with one attached hydrogen (secondary N) is 1. The number of aliphatic hydroxyl groups excluding tert-OH is 2. The van der Waals surface area contributed by atoms with Crippen molar-refractivity contribution in [2.75, 3.05) is 6.61 Å². The van der Waals surface area contributed by atoms with Gasteiger partial charge >= 0.3 is 0 Å². The molecule has 0 bridgehead atoms. The van der Waals surface area contributed by atoms with Crippen LogP contribution in [0.25, 0.3) is 0 Å². The predicted molar refractivity (Wildman–Crippen MR) is 336 cm³/mol. The molecule has 75 heavy (non-hydrogen) atoms. The first-order valence-electron chi connectivity index (χ1n) is 34.7. The monoisotopic (exact) mass is 1050 g/mol. The molecule has 4 heteroatoms. The minimum atomic E-state index is -0.861. The lowest BCUT2D eigenvalue weighted by Crippen LogP contribution is -2.45. The maximum Gasteiger partial charge on any atom is 0.220 e. The van der Waals surface area contributed by atoms with Crippen LogP contribution in [0.15, 0.2) is 36.5 Å². The van der Waals surface area contributed by atoms with Crippen LogP contribution < -0.4 is 5.32 Å². The highest BCUT2D eigenvalue weighted by molar-refractivity contribution is 5.76. The third kappa shape index (κ3) is 63.3. The van der Waals surface area contributed by atoms with Gasteiger partial charge in [0.2, 0.25) is 5.91 Å². The molecular weight excluding hydrogens is 915 g/mol. The SMILES string of the molecule is CCCCCCCCCC/C=C\CCCCCCCCCCCCCCCCCCCCCCCCCCCCCCCC(=O)NC(CO)C(O)/C=C/CC/C=C/CCCCCCCCCCCCCCCCCC. The molecule has 0 saturated carbocycles. The van der Waals surface area contributed by atoms with E-state index < -0.39 is 12.1 Å². The third-order valence-corrected chi connectivity index (χ3v) is 16.3. The Bertz CT molecular complexity index is 1150. The zero-order valence-corrected chi connectivity index (χ0v) is 51.3. The minimum Gasteiger partial charge on any atom is -0.394 e. The Morgan fingerprint density at radius 3 is 0.773 bits per heavy atom. The van der Waals surface area contributed by atoms with Gasteiger partial charge in [-0.15, -0.1) is 0 Å². The summed E-state index contributed by atoms with van der Waals surface area (Å²) < 4.78 is 0. The standard InChI is InChI=1S/C71H137NO3/c1-3-5-7-9-11-13-15-17-19-21-23-25-27-28-29-30-31-32-33-34-35-36-37-38-39-40-41-42-43-44-45-47-49-51-53-55-57-59-61-63-65-67-71(75)72-69(68-73)70(74)66-64-62-60-58-56-54-52-50-48-46-26-24-22-20-18-16-14-12-10-8-6-4-2/h21,23,56,58,64,66,69-70,73-74H,3-20,22,24-55,57,59-63,65,67-68H2,1-2H3,(H,72,75)/b23-21-,58-56+,66-64+. The molecule has 3 N–H and O–H groups in total. The number of carbonyl (C=O) groups is 1. The van der Waals surface area contributed by atoms with Gasteiger partial charge in [-0.1, -0.05) is 365 Å². The number of allylic oxidation sites excluding steroid dienone is 5. The molecule has 0 rings (SSSR count). The van der Waals surface area contributed by atoms with E-state index in [1.165, 1.54) is 340 Å². The summed E-state index contributed by atoms with van der Waals surface area (Å²) in [4.78, 5) is 12.5. The number of hydrogen-bond donors (Lipinski definition) is 3. The lowest BCUT2D eigenvalue weighted by molar-refractivity contribution is -0.123. The zero-order valence-electron chi connectivity index (χ0n) is 51.3. The van der Waals surface area contributed by atoms with Crippen molar-refractivity contribution in [3.8, 4) is 0 Å². The van der Waals surface area contributed by atoms with Crippen LogP contribution in [0.5, 0.6) is 0 Å². The van der Waals surface area contributed by atoms with E-state index in [4.69, 9.17) is 0 Å². The summed E-state index contributed by atoms with van der Waals surface area (Å²) in [5, 5.41) is 23.2. The van der Waals surface area contributed by atoms with Crippen LogP contribution in [-0.4, -0.2) is 34.9 Å². The van der Waals surface area contributed by atoms with Gasteiger partial charge in [-0.25, -0.2) is 0 Å². The van der Waals surface area contributed by atoms with Gasteiger partial charge in [0.15, 0.2) is 0 Å². The van der Waals surface area contributed by atoms with E-state index in [0.29, 0.717) is 6.42 Å². The van der Waals surface area contributed by atoms with Crippen molar-refractivity contribution < 1.29 is 15.0 Å². The second-order valence-corrected chi connectivity index (χ2v) is 23.9. The van der Waals surface area contributed by atoms with Crippen LogP contribution in [0.1, 0.15) is 393 Å². The van der Waals surface area contributed by atoms with Crippen molar-refractivity contribution in [3.05, 3.63) is 36.5 Å². The maximum atomic E-state index is 12.5. The summed E-state index contributed by atoms with van der Waals surface area (Å²) in [5.41, 5.74) is 0. The summed E-state index contributed by atoms with van der Waals surface area (Å²) in [5.74, 6) is -0.0654. The first-order chi connectivity index (χ1) is 37.2. The molecule has 0 aromatic rings. The van der Waals surface area contributed by atoms with E-state index in [1.54, 1.807) is 6.08 Å². The molecule has 0 spiro atoms. The molecule has 0 aliphatic carbocycles. The van der Waals surface area contributed by atoms with E-state index in [-0.39, 0.29) is 12.5 Å². The lowest BCUT2D eigenvalue weighted by atomic mass is 10.0. The molecule has 444 valence electrons. The Labute approximate surface area is 472 Å². The van der Waals surface area contributed by atoms with Gasteiger partial charge in [-0.3, -0.25) is 4.79 Å². The normalized spacial score (nSPS) is 12.9. The third-order valence-electron chi connectivity index (χ3n) is 16.3. The molecule has 0 aliphatic heterocycles. The molecule has 0 fully saturated rings. The second-order valence-electron chi connectivity index (χ2n) is 23.9. The summed E-state index contributed by atoms with van der Waals surface area (Å²) in [6.07, 6.45) is 92.5. The fourth-order valence-corrected chi connectivity index (χ4v) is 11.1. The van der Waals surface area contributed by atoms with Crippen molar-refractivity contribution >= 4 is 5.91 Å². The number of unbranched alkanes of at least 4 members (excludes halogenated alkanes) is 54. The second kappa shape index (κ2) is 66.9. The molecule has 0 saturated heterocycles. The maximum absolute atomic E-state index is 12.5. The first kappa shape index (κ1) is 73.6. The van der Waals surface area contributed by atoms with E-state index in [9.17, 15) is 15.0 Å². The summed E-state index contributed by atoms with van der Waals surface area (Å²) in [7, 11) is 0. The van der Waals surface area contributed by atoms with Gasteiger partial charge in [0, 0.05) is 6.42 Å². The summed E-state index contributed by atoms with van der Waals surface area (Å²) in [6, 6.07) is -0.638. The average molecular weight is 1050 g/mol. The summed E-state index contributed by atoms with van der Waals surface area (Å²) in [6.45, 7) is 4.34. The van der Waals surface area contributed by atoms with Crippen LogP contribution in [0.2, 0.25) is 0 Å². The average Bonchev–Trinajstić information content (AvgIpc) is 3.41. The highest BCUT2D eigenvalue weighted by Gasteiger charge is 2.18. The molecule has 0 aliphatic rings. The Kier molecular flexibility index (Phi) is 65.6. The molecular formula is C71H137NO3. The van der Waals surface area contributed by atoms with Crippen molar-refractivity contribution in [2.24, 2.45) is 0 Å². The van der Waals surface area contributed by atoms with Gasteiger partial charge in [0.05, 0.1) is 18.8 Å². The molecule has 2 atom stereocenters. The summed E-state index contributed by atoms with van der Waals surface area (Å²) >= 11 is 0. The quantitative estimate of drug-likeness (QED) is 0.0420. The Balaban J connectivity index is 3.39. The van der Waals surface area contributed by atoms with Gasteiger partial charge in [-0.2, -0.15) is 0 Å². The van der Waals surface area contributed by atoms with Crippen molar-refractivity contribution in [3.63, 3.8) is 0 Å². The highest BCUT2D eigenvalue weighted by atomic mass is 16.3. The Morgan fingerprint density at radius 1 is 0.307 bits per heavy atom. The number of hydrogen-bond acceptors (Lipinski definition) is 3. The molecule has 0 heterocycles. The number of amides is 1. The molecule has 2 unspecified atom stereocenters. The van der Waals surface area contributed by atoms with E-state index in [2.05, 4.69) is 43.5 Å². The van der Waals surface area contributed by atoms with Crippen LogP contribution in [-0.2, 0) is 4.79 Å². The Hall–Kier alpha value is -1.39. The predicted octanol–water partition coefficient (Wildman–Crippen LogP) is 23.5. The van der Waals surface area contributed by atoms with Crippen molar-refractivity contribution in [2.45, 2.75) is 405 Å². The fraction of sp³-hybridized carbons (Fsp3) is 0.901. The molecule has 1 amide bonds. The van der Waals surface area contributed by atoms with Gasteiger partial charge in [0.1, 0.15) is 0 Å². The van der Waals surface area contributed by atoms with E-state index in [1.807, 2.05) is 6.08 Å². The van der Waals surface area contributed by atoms with Crippen molar-refractivity contribution in [1.29, 1.82) is 0 Å². The largest absolute Gasteiger partial charge is 0.394 e. The fourth-order valence-electron chi connectivity index (χ4n) is 11.1. The molecule has 0 aromatic heterocycles. The molecule has 4 nitrogen and oxygen atoms in total. The van der Waals surface area contributed by atoms with Gasteiger partial charge < -0.3 is 15.5 Å².